The second-order valence-corrected chi connectivity index (χ2v) is 14.3. The smallest absolute Gasteiger partial charge is 0.305 e. The van der Waals surface area contributed by atoms with Crippen LogP contribution < -0.4 is 0 Å². The van der Waals surface area contributed by atoms with Crippen LogP contribution in [0.4, 0.5) is 0 Å². The van der Waals surface area contributed by atoms with Crippen molar-refractivity contribution >= 4 is 5.97 Å². The summed E-state index contributed by atoms with van der Waals surface area (Å²) in [5.74, 6) is 0.0283. The minimum atomic E-state index is 0.0283. The summed E-state index contributed by atoms with van der Waals surface area (Å²) in [4.78, 5) is 11.9. The fourth-order valence-corrected chi connectivity index (χ4v) is 6.61. The highest BCUT2D eigenvalue weighted by atomic mass is 16.5. The molecule has 0 aromatic rings. The first-order valence-electron chi connectivity index (χ1n) is 21.0. The van der Waals surface area contributed by atoms with E-state index in [1.165, 1.54) is 225 Å². The van der Waals surface area contributed by atoms with Crippen molar-refractivity contribution in [3.8, 4) is 0 Å². The number of carbonyl (C=O) groups excluding carboxylic acids is 1. The standard InChI is InChI=1S/C42H84O2/c1-3-5-7-9-11-13-15-16-17-18-19-20-21-22-23-24-25-26-27-28-29-31-33-35-37-39-41-44-42(43)40-38-36-34-32-30-14-12-10-8-6-4-2/h3-41H2,1-2H3. The Kier molecular flexibility index (Phi) is 40.0. The molecule has 0 aromatic carbocycles. The monoisotopic (exact) mass is 621 g/mol. The van der Waals surface area contributed by atoms with Crippen molar-refractivity contribution in [1.29, 1.82) is 0 Å². The zero-order valence-corrected chi connectivity index (χ0v) is 30.9. The minimum absolute atomic E-state index is 0.0283. The van der Waals surface area contributed by atoms with Crippen molar-refractivity contribution in [1.82, 2.24) is 0 Å². The van der Waals surface area contributed by atoms with Gasteiger partial charge in [0, 0.05) is 6.42 Å². The maximum absolute atomic E-state index is 11.9. The summed E-state index contributed by atoms with van der Waals surface area (Å²) in [5, 5.41) is 0. The van der Waals surface area contributed by atoms with E-state index in [0.717, 1.165) is 12.8 Å². The lowest BCUT2D eigenvalue weighted by Crippen LogP contribution is -2.05. The van der Waals surface area contributed by atoms with Crippen molar-refractivity contribution in [2.45, 2.75) is 258 Å². The molecule has 2 nitrogen and oxygen atoms in total. The molecule has 264 valence electrons. The van der Waals surface area contributed by atoms with Crippen molar-refractivity contribution in [2.75, 3.05) is 6.61 Å². The van der Waals surface area contributed by atoms with Crippen LogP contribution in [0, 0.1) is 0 Å². The molecule has 2 heteroatoms. The lowest BCUT2D eigenvalue weighted by molar-refractivity contribution is -0.143. The maximum atomic E-state index is 11.9. The Bertz CT molecular complexity index is 516. The second-order valence-electron chi connectivity index (χ2n) is 14.3. The summed E-state index contributed by atoms with van der Waals surface area (Å²) in [6.45, 7) is 5.22. The van der Waals surface area contributed by atoms with Gasteiger partial charge >= 0.3 is 5.97 Å². The molecule has 0 aliphatic carbocycles. The Morgan fingerprint density at radius 2 is 0.500 bits per heavy atom. The summed E-state index contributed by atoms with van der Waals surface area (Å²) in [7, 11) is 0. The molecule has 0 atom stereocenters. The zero-order valence-electron chi connectivity index (χ0n) is 30.9. The Morgan fingerprint density at radius 3 is 0.750 bits per heavy atom. The van der Waals surface area contributed by atoms with Crippen molar-refractivity contribution in [3.63, 3.8) is 0 Å². The molecule has 0 fully saturated rings. The minimum Gasteiger partial charge on any atom is -0.466 e. The zero-order chi connectivity index (χ0) is 31.9. The molecule has 0 rings (SSSR count). The number of hydrogen-bond acceptors (Lipinski definition) is 2. The van der Waals surface area contributed by atoms with E-state index in [1.807, 2.05) is 0 Å². The van der Waals surface area contributed by atoms with Crippen LogP contribution in [0.2, 0.25) is 0 Å². The van der Waals surface area contributed by atoms with Crippen molar-refractivity contribution in [2.24, 2.45) is 0 Å². The Balaban J connectivity index is 3.12. The van der Waals surface area contributed by atoms with Gasteiger partial charge in [0.15, 0.2) is 0 Å². The molecular weight excluding hydrogens is 536 g/mol. The third-order valence-corrected chi connectivity index (χ3v) is 9.75. The fourth-order valence-electron chi connectivity index (χ4n) is 6.61. The van der Waals surface area contributed by atoms with Crippen LogP contribution in [0.3, 0.4) is 0 Å². The second kappa shape index (κ2) is 40.5. The first-order chi connectivity index (χ1) is 21.8. The molecule has 44 heavy (non-hydrogen) atoms. The van der Waals surface area contributed by atoms with Crippen molar-refractivity contribution < 1.29 is 9.53 Å². The van der Waals surface area contributed by atoms with Gasteiger partial charge in [-0.3, -0.25) is 4.79 Å². The Morgan fingerprint density at radius 1 is 0.295 bits per heavy atom. The predicted octanol–water partition coefficient (Wildman–Crippen LogP) is 15.4. The average molecular weight is 621 g/mol. The summed E-state index contributed by atoms with van der Waals surface area (Å²) in [5.41, 5.74) is 0. The lowest BCUT2D eigenvalue weighted by Gasteiger charge is -2.06. The summed E-state index contributed by atoms with van der Waals surface area (Å²) in [6, 6.07) is 0. The summed E-state index contributed by atoms with van der Waals surface area (Å²) >= 11 is 0. The molecule has 0 N–H and O–H groups in total. The van der Waals surface area contributed by atoms with Gasteiger partial charge in [0.25, 0.3) is 0 Å². The van der Waals surface area contributed by atoms with Crippen LogP contribution in [-0.4, -0.2) is 12.6 Å². The highest BCUT2D eigenvalue weighted by molar-refractivity contribution is 5.69. The molecule has 0 spiro atoms. The third kappa shape index (κ3) is 39.5. The molecular formula is C42H84O2. The van der Waals surface area contributed by atoms with Gasteiger partial charge in [0.2, 0.25) is 0 Å². The topological polar surface area (TPSA) is 26.3 Å². The molecule has 0 saturated heterocycles. The Hall–Kier alpha value is -0.530. The van der Waals surface area contributed by atoms with Crippen LogP contribution in [0.1, 0.15) is 258 Å². The van der Waals surface area contributed by atoms with Crippen LogP contribution in [0.25, 0.3) is 0 Å². The van der Waals surface area contributed by atoms with Gasteiger partial charge in [-0.2, -0.15) is 0 Å². The van der Waals surface area contributed by atoms with E-state index in [-0.39, 0.29) is 5.97 Å². The molecule has 0 aliphatic rings. The van der Waals surface area contributed by atoms with E-state index in [9.17, 15) is 4.79 Å². The quantitative estimate of drug-likeness (QED) is 0.0505. The SMILES string of the molecule is CCCCCCCCCCCCCCCCCCCCCCCCCCCCOC(=O)CCCCCCCCCCCCC. The van der Waals surface area contributed by atoms with E-state index in [1.54, 1.807) is 0 Å². The first kappa shape index (κ1) is 43.5. The number of carbonyl (C=O) groups is 1. The number of hydrogen-bond donors (Lipinski definition) is 0. The van der Waals surface area contributed by atoms with E-state index in [4.69, 9.17) is 4.74 Å². The average Bonchev–Trinajstić information content (AvgIpc) is 3.03. The van der Waals surface area contributed by atoms with Gasteiger partial charge in [0.05, 0.1) is 6.61 Å². The van der Waals surface area contributed by atoms with E-state index in [0.29, 0.717) is 13.0 Å². The van der Waals surface area contributed by atoms with Gasteiger partial charge < -0.3 is 4.74 Å². The van der Waals surface area contributed by atoms with E-state index in [2.05, 4.69) is 13.8 Å². The van der Waals surface area contributed by atoms with Crippen LogP contribution in [0.5, 0.6) is 0 Å². The van der Waals surface area contributed by atoms with Crippen LogP contribution in [-0.2, 0) is 9.53 Å². The highest BCUT2D eigenvalue weighted by Gasteiger charge is 2.03. The van der Waals surface area contributed by atoms with E-state index < -0.39 is 0 Å². The van der Waals surface area contributed by atoms with Gasteiger partial charge in [0.1, 0.15) is 0 Å². The summed E-state index contributed by atoms with van der Waals surface area (Å²) in [6.07, 6.45) is 52.0. The first-order valence-corrected chi connectivity index (χ1v) is 21.0. The van der Waals surface area contributed by atoms with Gasteiger partial charge in [-0.15, -0.1) is 0 Å². The molecule has 0 unspecified atom stereocenters. The van der Waals surface area contributed by atoms with Gasteiger partial charge in [-0.25, -0.2) is 0 Å². The Labute approximate surface area is 279 Å². The van der Waals surface area contributed by atoms with Gasteiger partial charge in [-0.05, 0) is 12.8 Å². The third-order valence-electron chi connectivity index (χ3n) is 9.75. The largest absolute Gasteiger partial charge is 0.466 e. The summed E-state index contributed by atoms with van der Waals surface area (Å²) < 4.78 is 5.45. The molecule has 0 bridgehead atoms. The highest BCUT2D eigenvalue weighted by Crippen LogP contribution is 2.16. The van der Waals surface area contributed by atoms with Crippen LogP contribution in [0.15, 0.2) is 0 Å². The van der Waals surface area contributed by atoms with Crippen molar-refractivity contribution in [3.05, 3.63) is 0 Å². The molecule has 0 aromatic heterocycles. The number of esters is 1. The fraction of sp³-hybridized carbons (Fsp3) is 0.976. The molecule has 0 aliphatic heterocycles. The molecule has 0 saturated carbocycles. The van der Waals surface area contributed by atoms with Gasteiger partial charge in [-0.1, -0.05) is 239 Å². The predicted molar refractivity (Wildman–Crippen MR) is 198 cm³/mol. The molecule has 0 amide bonds. The number of unbranched alkanes of at least 4 members (excludes halogenated alkanes) is 35. The number of ether oxygens (including phenoxy) is 1. The normalized spacial score (nSPS) is 11.4. The number of rotatable bonds is 39. The lowest BCUT2D eigenvalue weighted by atomic mass is 10.0. The van der Waals surface area contributed by atoms with E-state index >= 15 is 0 Å². The maximum Gasteiger partial charge on any atom is 0.305 e. The molecule has 0 radical (unpaired) electrons. The van der Waals surface area contributed by atoms with Crippen LogP contribution >= 0.6 is 0 Å². The molecule has 0 heterocycles.